The molecule has 134 valence electrons. The summed E-state index contributed by atoms with van der Waals surface area (Å²) in [6.45, 7) is 0.208. The number of aryl methyl sites for hydroxylation is 2. The molecular formula is C19H21N5O2. The molecule has 2 heterocycles. The van der Waals surface area contributed by atoms with Crippen molar-refractivity contribution in [2.45, 2.75) is 45.2 Å². The zero-order valence-electron chi connectivity index (χ0n) is 14.5. The van der Waals surface area contributed by atoms with Gasteiger partial charge in [0.2, 0.25) is 5.91 Å². The number of carbonyl (C=O) groups is 1. The number of rotatable bonds is 4. The maximum atomic E-state index is 12.2. The molecule has 2 aromatic heterocycles. The zero-order valence-corrected chi connectivity index (χ0v) is 14.5. The summed E-state index contributed by atoms with van der Waals surface area (Å²) >= 11 is 0. The lowest BCUT2D eigenvalue weighted by molar-refractivity contribution is -0.122. The molecule has 0 fully saturated rings. The first-order valence-electron chi connectivity index (χ1n) is 8.99. The second kappa shape index (κ2) is 7.11. The molecule has 0 spiro atoms. The number of hydrogen-bond acceptors (Lipinski definition) is 4. The van der Waals surface area contributed by atoms with Crippen molar-refractivity contribution in [2.75, 3.05) is 0 Å². The lowest BCUT2D eigenvalue weighted by Crippen LogP contribution is -2.34. The van der Waals surface area contributed by atoms with Gasteiger partial charge in [-0.1, -0.05) is 18.6 Å². The summed E-state index contributed by atoms with van der Waals surface area (Å²) in [7, 11) is 0. The van der Waals surface area contributed by atoms with Gasteiger partial charge in [-0.25, -0.2) is 9.67 Å². The number of hydrogen-bond donors (Lipinski definition) is 2. The number of carbonyl (C=O) groups excluding carboxylic acids is 1. The van der Waals surface area contributed by atoms with Gasteiger partial charge in [-0.05, 0) is 43.4 Å². The van der Waals surface area contributed by atoms with Crippen LogP contribution in [0.2, 0.25) is 0 Å². The van der Waals surface area contributed by atoms with Gasteiger partial charge >= 0.3 is 0 Å². The lowest BCUT2D eigenvalue weighted by atomic mass is 10.1. The summed E-state index contributed by atoms with van der Waals surface area (Å²) in [6, 6.07) is 9.34. The summed E-state index contributed by atoms with van der Waals surface area (Å²) in [5.41, 5.74) is 3.56. The van der Waals surface area contributed by atoms with Gasteiger partial charge in [0.25, 0.3) is 5.56 Å². The van der Waals surface area contributed by atoms with Crippen LogP contribution in [-0.2, 0) is 30.7 Å². The van der Waals surface area contributed by atoms with E-state index in [1.54, 1.807) is 6.07 Å². The molecule has 7 nitrogen and oxygen atoms in total. The molecule has 0 saturated heterocycles. The Morgan fingerprint density at radius 2 is 2.04 bits per heavy atom. The number of nitrogens with one attached hydrogen (secondary N) is 2. The van der Waals surface area contributed by atoms with Gasteiger partial charge in [0.1, 0.15) is 12.4 Å². The monoisotopic (exact) mass is 351 g/mol. The van der Waals surface area contributed by atoms with Gasteiger partial charge in [-0.2, -0.15) is 5.10 Å². The fraction of sp³-hybridized carbons (Fsp3) is 0.368. The summed E-state index contributed by atoms with van der Waals surface area (Å²) < 4.78 is 1.26. The first-order valence-corrected chi connectivity index (χ1v) is 8.99. The van der Waals surface area contributed by atoms with Crippen molar-refractivity contribution in [1.82, 2.24) is 25.1 Å². The summed E-state index contributed by atoms with van der Waals surface area (Å²) in [5, 5.41) is 7.22. The fourth-order valence-electron chi connectivity index (χ4n) is 3.35. The van der Waals surface area contributed by atoms with Gasteiger partial charge in [-0.3, -0.25) is 9.59 Å². The van der Waals surface area contributed by atoms with Crippen molar-refractivity contribution in [3.05, 3.63) is 57.8 Å². The first kappa shape index (κ1) is 16.5. The third-order valence-corrected chi connectivity index (χ3v) is 4.71. The average Bonchev–Trinajstić information content (AvgIpc) is 2.92. The number of fused-ring (bicyclic) bond motifs is 2. The van der Waals surface area contributed by atoms with Crippen LogP contribution in [0.3, 0.4) is 0 Å². The topological polar surface area (TPSA) is 92.7 Å². The van der Waals surface area contributed by atoms with E-state index in [4.69, 9.17) is 0 Å². The van der Waals surface area contributed by atoms with Crippen molar-refractivity contribution in [1.29, 1.82) is 0 Å². The number of aromatic amines is 1. The minimum absolute atomic E-state index is 0.0770. The number of nitrogens with zero attached hydrogens (tertiary/aromatic N) is 3. The van der Waals surface area contributed by atoms with Crippen LogP contribution in [0.5, 0.6) is 0 Å². The third kappa shape index (κ3) is 3.51. The Morgan fingerprint density at radius 3 is 2.92 bits per heavy atom. The van der Waals surface area contributed by atoms with E-state index in [-0.39, 0.29) is 24.6 Å². The van der Waals surface area contributed by atoms with E-state index < -0.39 is 0 Å². The van der Waals surface area contributed by atoms with Crippen LogP contribution < -0.4 is 10.9 Å². The Bertz CT molecular complexity index is 972. The van der Waals surface area contributed by atoms with E-state index in [2.05, 4.69) is 20.4 Å². The number of imidazole rings is 1. The molecule has 26 heavy (non-hydrogen) atoms. The number of para-hydroxylation sites is 2. The van der Waals surface area contributed by atoms with Gasteiger partial charge in [0, 0.05) is 6.07 Å². The Morgan fingerprint density at radius 1 is 1.19 bits per heavy atom. The van der Waals surface area contributed by atoms with Crippen molar-refractivity contribution in [3.63, 3.8) is 0 Å². The molecule has 0 atom stereocenters. The SMILES string of the molecule is O=C(Cn1nc2c(cc1=O)CCCCC2)NCc1nc2ccccc2[nH]1. The maximum absolute atomic E-state index is 12.2. The number of H-pyrrole nitrogens is 1. The predicted octanol–water partition coefficient (Wildman–Crippen LogP) is 1.70. The first-order chi connectivity index (χ1) is 12.7. The van der Waals surface area contributed by atoms with Crippen LogP contribution in [0.15, 0.2) is 35.1 Å². The molecule has 0 bridgehead atoms. The van der Waals surface area contributed by atoms with Crippen LogP contribution in [0.1, 0.15) is 36.3 Å². The largest absolute Gasteiger partial charge is 0.347 e. The molecule has 1 aliphatic rings. The zero-order chi connectivity index (χ0) is 17.9. The highest BCUT2D eigenvalue weighted by Gasteiger charge is 2.14. The van der Waals surface area contributed by atoms with Crippen LogP contribution in [-0.4, -0.2) is 25.7 Å². The van der Waals surface area contributed by atoms with E-state index in [1.807, 2.05) is 24.3 Å². The van der Waals surface area contributed by atoms with Crippen molar-refractivity contribution >= 4 is 16.9 Å². The second-order valence-electron chi connectivity index (χ2n) is 6.65. The Hall–Kier alpha value is -2.96. The molecule has 1 aliphatic carbocycles. The minimum atomic E-state index is -0.256. The van der Waals surface area contributed by atoms with E-state index in [1.165, 1.54) is 4.68 Å². The molecule has 0 aliphatic heterocycles. The van der Waals surface area contributed by atoms with Crippen LogP contribution in [0.4, 0.5) is 0 Å². The number of benzene rings is 1. The highest BCUT2D eigenvalue weighted by atomic mass is 16.2. The Balaban J connectivity index is 1.43. The molecule has 1 amide bonds. The van der Waals surface area contributed by atoms with E-state index in [0.717, 1.165) is 54.4 Å². The minimum Gasteiger partial charge on any atom is -0.347 e. The molecular weight excluding hydrogens is 330 g/mol. The summed E-state index contributed by atoms with van der Waals surface area (Å²) in [4.78, 5) is 32.1. The van der Waals surface area contributed by atoms with Crippen LogP contribution in [0.25, 0.3) is 11.0 Å². The highest BCUT2D eigenvalue weighted by Crippen LogP contribution is 2.16. The van der Waals surface area contributed by atoms with Crippen molar-refractivity contribution in [3.8, 4) is 0 Å². The molecule has 0 radical (unpaired) electrons. The smallest absolute Gasteiger partial charge is 0.267 e. The van der Waals surface area contributed by atoms with Crippen molar-refractivity contribution in [2.24, 2.45) is 0 Å². The number of amides is 1. The molecule has 2 N–H and O–H groups in total. The van der Waals surface area contributed by atoms with Gasteiger partial charge in [0.15, 0.2) is 0 Å². The van der Waals surface area contributed by atoms with Gasteiger partial charge in [-0.15, -0.1) is 0 Å². The third-order valence-electron chi connectivity index (χ3n) is 4.71. The van der Waals surface area contributed by atoms with Crippen LogP contribution >= 0.6 is 0 Å². The van der Waals surface area contributed by atoms with Crippen molar-refractivity contribution < 1.29 is 4.79 Å². The Kier molecular flexibility index (Phi) is 4.51. The highest BCUT2D eigenvalue weighted by molar-refractivity contribution is 5.76. The molecule has 7 heteroatoms. The normalized spacial score (nSPS) is 14.0. The molecule has 1 aromatic carbocycles. The van der Waals surface area contributed by atoms with Gasteiger partial charge < -0.3 is 10.3 Å². The lowest BCUT2D eigenvalue weighted by Gasteiger charge is -2.09. The predicted molar refractivity (Wildman–Crippen MR) is 97.7 cm³/mol. The maximum Gasteiger partial charge on any atom is 0.267 e. The average molecular weight is 351 g/mol. The summed E-state index contributed by atoms with van der Waals surface area (Å²) in [5.74, 6) is 0.426. The van der Waals surface area contributed by atoms with Gasteiger partial charge in [0.05, 0.1) is 23.3 Å². The Labute approximate surface area is 150 Å². The standard InChI is InChI=1S/C19H21N5O2/c25-18(20-11-17-21-15-8-4-5-9-16(15)22-17)12-24-19(26)10-13-6-2-1-3-7-14(13)23-24/h4-5,8-10H,1-3,6-7,11-12H2,(H,20,25)(H,21,22). The molecule has 0 unspecified atom stereocenters. The van der Waals surface area contributed by atoms with E-state index >= 15 is 0 Å². The summed E-state index contributed by atoms with van der Waals surface area (Å²) in [6.07, 6.45) is 5.10. The van der Waals surface area contributed by atoms with E-state index in [0.29, 0.717) is 5.82 Å². The van der Waals surface area contributed by atoms with E-state index in [9.17, 15) is 9.59 Å². The number of aromatic nitrogens is 4. The molecule has 4 rings (SSSR count). The quantitative estimate of drug-likeness (QED) is 0.700. The molecule has 0 saturated carbocycles. The van der Waals surface area contributed by atoms with Crippen LogP contribution in [0, 0.1) is 0 Å². The second-order valence-corrected chi connectivity index (χ2v) is 6.65. The fourth-order valence-corrected chi connectivity index (χ4v) is 3.35. The molecule has 3 aromatic rings.